The Morgan fingerprint density at radius 2 is 1.65 bits per heavy atom. The average molecular weight is 347 g/mol. The Morgan fingerprint density at radius 3 is 2.42 bits per heavy atom. The van der Waals surface area contributed by atoms with E-state index in [1.54, 1.807) is 12.1 Å². The average Bonchev–Trinajstić information content (AvgIpc) is 2.68. The van der Waals surface area contributed by atoms with E-state index in [9.17, 15) is 10.2 Å². The first-order chi connectivity index (χ1) is 12.7. The standard InChI is InChI=1S/C22H21NO3/c24-20-12-17-10-11-23-22(19(17)13-21(20)25)16-6-8-18(9-7-16)26-14-15-4-2-1-3-5-15/h1-9,12-13,22-25H,10-11,14H2. The molecule has 26 heavy (non-hydrogen) atoms. The van der Waals surface area contributed by atoms with E-state index >= 15 is 0 Å². The summed E-state index contributed by atoms with van der Waals surface area (Å²) < 4.78 is 5.85. The Kier molecular flexibility index (Phi) is 4.50. The van der Waals surface area contributed by atoms with Gasteiger partial charge >= 0.3 is 0 Å². The maximum Gasteiger partial charge on any atom is 0.157 e. The van der Waals surface area contributed by atoms with E-state index in [1.807, 2.05) is 54.6 Å². The predicted molar refractivity (Wildman–Crippen MR) is 101 cm³/mol. The molecule has 1 aliphatic rings. The molecular formula is C22H21NO3. The highest BCUT2D eigenvalue weighted by Crippen LogP contribution is 2.36. The highest BCUT2D eigenvalue weighted by Gasteiger charge is 2.23. The van der Waals surface area contributed by atoms with E-state index in [1.165, 1.54) is 0 Å². The minimum Gasteiger partial charge on any atom is -0.504 e. The Labute approximate surface area is 152 Å². The molecule has 0 aliphatic carbocycles. The molecule has 0 amide bonds. The van der Waals surface area contributed by atoms with Crippen LogP contribution in [0.3, 0.4) is 0 Å². The predicted octanol–water partition coefficient (Wildman–Crippen LogP) is 3.91. The quantitative estimate of drug-likeness (QED) is 0.626. The number of hydrogen-bond donors (Lipinski definition) is 3. The van der Waals surface area contributed by atoms with Crippen LogP contribution in [0.15, 0.2) is 66.7 Å². The second-order valence-corrected chi connectivity index (χ2v) is 6.52. The lowest BCUT2D eigenvalue weighted by Crippen LogP contribution is -2.30. The van der Waals surface area contributed by atoms with Crippen molar-refractivity contribution >= 4 is 0 Å². The molecule has 3 aromatic carbocycles. The van der Waals surface area contributed by atoms with Gasteiger partial charge in [0.2, 0.25) is 0 Å². The first kappa shape index (κ1) is 16.5. The third-order valence-electron chi connectivity index (χ3n) is 4.75. The maximum absolute atomic E-state index is 9.86. The van der Waals surface area contributed by atoms with Crippen molar-refractivity contribution < 1.29 is 14.9 Å². The molecule has 132 valence electrons. The van der Waals surface area contributed by atoms with Gasteiger partial charge in [0.25, 0.3) is 0 Å². The molecule has 1 heterocycles. The number of benzene rings is 3. The molecule has 0 bridgehead atoms. The van der Waals surface area contributed by atoms with Crippen molar-refractivity contribution in [3.8, 4) is 17.2 Å². The Hall–Kier alpha value is -2.98. The van der Waals surface area contributed by atoms with Crippen molar-refractivity contribution in [1.82, 2.24) is 5.32 Å². The fraction of sp³-hybridized carbons (Fsp3) is 0.182. The number of ether oxygens (including phenoxy) is 1. The molecular weight excluding hydrogens is 326 g/mol. The molecule has 4 heteroatoms. The van der Waals surface area contributed by atoms with Crippen LogP contribution in [0.5, 0.6) is 17.2 Å². The van der Waals surface area contributed by atoms with Crippen molar-refractivity contribution in [2.24, 2.45) is 0 Å². The Bertz CT molecular complexity index is 891. The molecule has 3 aromatic rings. The second kappa shape index (κ2) is 7.10. The fourth-order valence-electron chi connectivity index (χ4n) is 3.38. The monoisotopic (exact) mass is 347 g/mol. The number of nitrogens with one attached hydrogen (secondary N) is 1. The minimum atomic E-state index is -0.0831. The van der Waals surface area contributed by atoms with Gasteiger partial charge in [-0.1, -0.05) is 42.5 Å². The third kappa shape index (κ3) is 3.37. The minimum absolute atomic E-state index is 0.00609. The normalized spacial score (nSPS) is 16.1. The van der Waals surface area contributed by atoms with Gasteiger partial charge in [-0.3, -0.25) is 0 Å². The summed E-state index contributed by atoms with van der Waals surface area (Å²) in [7, 11) is 0. The van der Waals surface area contributed by atoms with Crippen LogP contribution >= 0.6 is 0 Å². The summed E-state index contributed by atoms with van der Waals surface area (Å²) in [5.41, 5.74) is 4.30. The van der Waals surface area contributed by atoms with Gasteiger partial charge in [0.15, 0.2) is 11.5 Å². The van der Waals surface area contributed by atoms with Gasteiger partial charge in [-0.15, -0.1) is 0 Å². The largest absolute Gasteiger partial charge is 0.504 e. The number of aromatic hydroxyl groups is 2. The van der Waals surface area contributed by atoms with Crippen LogP contribution in [0.25, 0.3) is 0 Å². The van der Waals surface area contributed by atoms with E-state index in [4.69, 9.17) is 4.74 Å². The van der Waals surface area contributed by atoms with Crippen LogP contribution < -0.4 is 10.1 Å². The van der Waals surface area contributed by atoms with E-state index in [-0.39, 0.29) is 17.5 Å². The van der Waals surface area contributed by atoms with E-state index in [0.717, 1.165) is 41.0 Å². The molecule has 4 nitrogen and oxygen atoms in total. The van der Waals surface area contributed by atoms with Crippen LogP contribution in [0, 0.1) is 0 Å². The molecule has 1 atom stereocenters. The van der Waals surface area contributed by atoms with Crippen molar-refractivity contribution in [3.05, 3.63) is 89.0 Å². The Morgan fingerprint density at radius 1 is 0.923 bits per heavy atom. The van der Waals surface area contributed by atoms with Crippen LogP contribution in [0.4, 0.5) is 0 Å². The summed E-state index contributed by atoms with van der Waals surface area (Å²) in [5, 5.41) is 23.1. The zero-order valence-electron chi connectivity index (χ0n) is 14.4. The summed E-state index contributed by atoms with van der Waals surface area (Å²) in [6.07, 6.45) is 0.831. The molecule has 4 rings (SSSR count). The van der Waals surface area contributed by atoms with E-state index in [2.05, 4.69) is 5.32 Å². The summed E-state index contributed by atoms with van der Waals surface area (Å²) in [4.78, 5) is 0. The van der Waals surface area contributed by atoms with Gasteiger partial charge in [0.05, 0.1) is 6.04 Å². The van der Waals surface area contributed by atoms with Crippen LogP contribution in [0.1, 0.15) is 28.3 Å². The summed E-state index contributed by atoms with van der Waals surface area (Å²) in [5.74, 6) is 0.677. The number of phenolic OH excluding ortho intramolecular Hbond substituents is 2. The topological polar surface area (TPSA) is 61.7 Å². The summed E-state index contributed by atoms with van der Waals surface area (Å²) in [6.45, 7) is 1.37. The van der Waals surface area contributed by atoms with Gasteiger partial charge in [-0.25, -0.2) is 0 Å². The number of hydrogen-bond acceptors (Lipinski definition) is 4. The van der Waals surface area contributed by atoms with E-state index in [0.29, 0.717) is 6.61 Å². The van der Waals surface area contributed by atoms with Crippen LogP contribution in [-0.4, -0.2) is 16.8 Å². The number of fused-ring (bicyclic) bond motifs is 1. The van der Waals surface area contributed by atoms with Gasteiger partial charge in [-0.2, -0.15) is 0 Å². The first-order valence-electron chi connectivity index (χ1n) is 8.75. The van der Waals surface area contributed by atoms with Crippen LogP contribution in [-0.2, 0) is 13.0 Å². The lowest BCUT2D eigenvalue weighted by molar-refractivity contribution is 0.306. The van der Waals surface area contributed by atoms with E-state index < -0.39 is 0 Å². The molecule has 0 spiro atoms. The molecule has 1 aliphatic heterocycles. The fourth-order valence-corrected chi connectivity index (χ4v) is 3.38. The maximum atomic E-state index is 9.86. The lowest BCUT2D eigenvalue weighted by atomic mass is 9.89. The van der Waals surface area contributed by atoms with Gasteiger partial charge in [-0.05, 0) is 52.9 Å². The lowest BCUT2D eigenvalue weighted by Gasteiger charge is -2.28. The highest BCUT2D eigenvalue weighted by molar-refractivity contribution is 5.50. The smallest absolute Gasteiger partial charge is 0.157 e. The van der Waals surface area contributed by atoms with Crippen molar-refractivity contribution in [2.75, 3.05) is 6.54 Å². The molecule has 0 fully saturated rings. The molecule has 0 saturated heterocycles. The zero-order chi connectivity index (χ0) is 17.9. The highest BCUT2D eigenvalue weighted by atomic mass is 16.5. The zero-order valence-corrected chi connectivity index (χ0v) is 14.4. The number of rotatable bonds is 4. The van der Waals surface area contributed by atoms with Crippen LogP contribution in [0.2, 0.25) is 0 Å². The SMILES string of the molecule is Oc1cc2c(cc1O)C(c1ccc(OCc3ccccc3)cc1)NCC2. The molecule has 1 unspecified atom stereocenters. The second-order valence-electron chi connectivity index (χ2n) is 6.52. The third-order valence-corrected chi connectivity index (χ3v) is 4.75. The molecule has 0 saturated carbocycles. The van der Waals surface area contributed by atoms with Gasteiger partial charge in [0.1, 0.15) is 12.4 Å². The Balaban J connectivity index is 1.52. The summed E-state index contributed by atoms with van der Waals surface area (Å²) in [6, 6.07) is 21.4. The summed E-state index contributed by atoms with van der Waals surface area (Å²) >= 11 is 0. The van der Waals surface area contributed by atoms with Gasteiger partial charge < -0.3 is 20.3 Å². The first-order valence-corrected chi connectivity index (χ1v) is 8.75. The molecule has 0 aromatic heterocycles. The molecule has 3 N–H and O–H groups in total. The van der Waals surface area contributed by atoms with Crippen molar-refractivity contribution in [1.29, 1.82) is 0 Å². The number of phenols is 2. The van der Waals surface area contributed by atoms with Gasteiger partial charge in [0, 0.05) is 6.54 Å². The molecule has 0 radical (unpaired) electrons. The van der Waals surface area contributed by atoms with Crippen molar-refractivity contribution in [3.63, 3.8) is 0 Å². The van der Waals surface area contributed by atoms with Crippen molar-refractivity contribution in [2.45, 2.75) is 19.1 Å².